The highest BCUT2D eigenvalue weighted by Crippen LogP contribution is 2.31. The van der Waals surface area contributed by atoms with Gasteiger partial charge in [-0.05, 0) is 29.7 Å². The molecule has 0 bridgehead atoms. The summed E-state index contributed by atoms with van der Waals surface area (Å²) in [6.45, 7) is 4.33. The second-order valence-electron chi connectivity index (χ2n) is 3.77. The van der Waals surface area contributed by atoms with Crippen molar-refractivity contribution in [3.8, 4) is 0 Å². The third-order valence-electron chi connectivity index (χ3n) is 2.87. The van der Waals surface area contributed by atoms with E-state index in [0.717, 1.165) is 27.9 Å². The minimum absolute atomic E-state index is 0.0324. The normalized spacial score (nSPS) is 13.2. The van der Waals surface area contributed by atoms with Crippen LogP contribution in [0.4, 0.5) is 0 Å². The van der Waals surface area contributed by atoms with Crippen LogP contribution in [-0.2, 0) is 0 Å². The van der Waals surface area contributed by atoms with Gasteiger partial charge in [-0.25, -0.2) is 0 Å². The highest BCUT2D eigenvalue weighted by Gasteiger charge is 2.18. The molecule has 1 nitrogen and oxygen atoms in total. The maximum atomic E-state index is 6.22. The summed E-state index contributed by atoms with van der Waals surface area (Å²) in [7, 11) is 0. The van der Waals surface area contributed by atoms with Crippen LogP contribution in [0.15, 0.2) is 22.7 Å². The van der Waals surface area contributed by atoms with Gasteiger partial charge in [0.05, 0.1) is 0 Å². The van der Waals surface area contributed by atoms with Gasteiger partial charge < -0.3 is 5.73 Å². The van der Waals surface area contributed by atoms with Crippen LogP contribution in [0.5, 0.6) is 0 Å². The van der Waals surface area contributed by atoms with Gasteiger partial charge in [0, 0.05) is 15.5 Å². The Balaban J connectivity index is 2.98. The second-order valence-corrected chi connectivity index (χ2v) is 5.09. The van der Waals surface area contributed by atoms with Crippen LogP contribution >= 0.6 is 27.5 Å². The lowest BCUT2D eigenvalue weighted by Gasteiger charge is -2.22. The van der Waals surface area contributed by atoms with Crippen molar-refractivity contribution >= 4 is 27.5 Å². The molecule has 1 atom stereocenters. The van der Waals surface area contributed by atoms with Crippen molar-refractivity contribution in [1.29, 1.82) is 0 Å². The summed E-state index contributed by atoms with van der Waals surface area (Å²) >= 11 is 9.59. The highest BCUT2D eigenvalue weighted by atomic mass is 79.9. The molecule has 84 valence electrons. The van der Waals surface area contributed by atoms with Gasteiger partial charge in [0.15, 0.2) is 0 Å². The summed E-state index contributed by atoms with van der Waals surface area (Å²) in [5, 5.41) is 0.762. The third-order valence-corrected chi connectivity index (χ3v) is 3.71. The highest BCUT2D eigenvalue weighted by molar-refractivity contribution is 9.10. The van der Waals surface area contributed by atoms with Crippen molar-refractivity contribution in [3.05, 3.63) is 33.3 Å². The molecule has 0 saturated heterocycles. The Bertz CT molecular complexity index is 323. The fourth-order valence-corrected chi connectivity index (χ4v) is 2.44. The Hall–Kier alpha value is -0.0500. The Morgan fingerprint density at radius 1 is 1.33 bits per heavy atom. The SMILES string of the molecule is CCC(CC)C(N)c1cc(Br)ccc1Cl. The zero-order valence-corrected chi connectivity index (χ0v) is 11.5. The molecule has 1 aromatic rings. The van der Waals surface area contributed by atoms with Crippen LogP contribution in [0.2, 0.25) is 5.02 Å². The first-order valence-electron chi connectivity index (χ1n) is 5.30. The summed E-state index contributed by atoms with van der Waals surface area (Å²) in [6.07, 6.45) is 2.17. The van der Waals surface area contributed by atoms with Gasteiger partial charge in [-0.15, -0.1) is 0 Å². The lowest BCUT2D eigenvalue weighted by molar-refractivity contribution is 0.405. The van der Waals surface area contributed by atoms with Crippen molar-refractivity contribution in [2.45, 2.75) is 32.7 Å². The van der Waals surface area contributed by atoms with Crippen LogP contribution < -0.4 is 5.73 Å². The fourth-order valence-electron chi connectivity index (χ4n) is 1.82. The molecule has 0 aliphatic carbocycles. The summed E-state index contributed by atoms with van der Waals surface area (Å²) in [4.78, 5) is 0. The van der Waals surface area contributed by atoms with E-state index < -0.39 is 0 Å². The zero-order chi connectivity index (χ0) is 11.4. The van der Waals surface area contributed by atoms with Crippen molar-refractivity contribution in [1.82, 2.24) is 0 Å². The summed E-state index contributed by atoms with van der Waals surface area (Å²) in [5.74, 6) is 0.497. The second kappa shape index (κ2) is 5.88. The Morgan fingerprint density at radius 2 is 1.93 bits per heavy atom. The Labute approximate surface area is 105 Å². The molecule has 0 fully saturated rings. The lowest BCUT2D eigenvalue weighted by Crippen LogP contribution is -2.20. The molecule has 0 aromatic heterocycles. The van der Waals surface area contributed by atoms with Gasteiger partial charge >= 0.3 is 0 Å². The summed E-state index contributed by atoms with van der Waals surface area (Å²) < 4.78 is 1.03. The Morgan fingerprint density at radius 3 is 2.47 bits per heavy atom. The monoisotopic (exact) mass is 289 g/mol. The van der Waals surface area contributed by atoms with Crippen LogP contribution in [-0.4, -0.2) is 0 Å². The molecule has 0 saturated carbocycles. The minimum atomic E-state index is 0.0324. The van der Waals surface area contributed by atoms with E-state index in [-0.39, 0.29) is 6.04 Å². The molecule has 1 rings (SSSR count). The number of halogens is 2. The molecule has 2 N–H and O–H groups in total. The topological polar surface area (TPSA) is 26.0 Å². The maximum absolute atomic E-state index is 6.22. The van der Waals surface area contributed by atoms with Gasteiger partial charge in [0.2, 0.25) is 0 Å². The van der Waals surface area contributed by atoms with E-state index >= 15 is 0 Å². The van der Waals surface area contributed by atoms with Gasteiger partial charge in [0.1, 0.15) is 0 Å². The molecule has 0 aliphatic heterocycles. The molecule has 0 heterocycles. The first-order valence-corrected chi connectivity index (χ1v) is 6.47. The predicted molar refractivity (Wildman–Crippen MR) is 70.2 cm³/mol. The average Bonchev–Trinajstić information content (AvgIpc) is 2.23. The molecule has 0 spiro atoms. The van der Waals surface area contributed by atoms with E-state index in [1.165, 1.54) is 0 Å². The lowest BCUT2D eigenvalue weighted by atomic mass is 9.89. The number of benzene rings is 1. The summed E-state index contributed by atoms with van der Waals surface area (Å²) in [5.41, 5.74) is 7.27. The third kappa shape index (κ3) is 3.20. The van der Waals surface area contributed by atoms with Crippen molar-refractivity contribution in [2.24, 2.45) is 11.7 Å². The van der Waals surface area contributed by atoms with Crippen LogP contribution in [0.1, 0.15) is 38.3 Å². The first kappa shape index (κ1) is 13.0. The number of nitrogens with two attached hydrogens (primary N) is 1. The number of hydrogen-bond donors (Lipinski definition) is 1. The average molecular weight is 291 g/mol. The number of rotatable bonds is 4. The molecular weight excluding hydrogens is 273 g/mol. The molecular formula is C12H17BrClN. The Kier molecular flexibility index (Phi) is 5.10. The zero-order valence-electron chi connectivity index (χ0n) is 9.13. The van der Waals surface area contributed by atoms with E-state index in [9.17, 15) is 0 Å². The largest absolute Gasteiger partial charge is 0.324 e. The van der Waals surface area contributed by atoms with E-state index in [0.29, 0.717) is 5.92 Å². The molecule has 15 heavy (non-hydrogen) atoms. The standard InChI is InChI=1S/C12H17BrClN/c1-3-8(4-2)12(15)10-7-9(13)5-6-11(10)14/h5-8,12H,3-4,15H2,1-2H3. The van der Waals surface area contributed by atoms with Crippen LogP contribution in [0.25, 0.3) is 0 Å². The minimum Gasteiger partial charge on any atom is -0.324 e. The van der Waals surface area contributed by atoms with Crippen molar-refractivity contribution < 1.29 is 0 Å². The molecule has 3 heteroatoms. The van der Waals surface area contributed by atoms with Crippen molar-refractivity contribution in [2.75, 3.05) is 0 Å². The first-order chi connectivity index (χ1) is 7.10. The predicted octanol–water partition coefficient (Wildman–Crippen LogP) is 4.54. The molecule has 0 radical (unpaired) electrons. The maximum Gasteiger partial charge on any atom is 0.0454 e. The van der Waals surface area contributed by atoms with E-state index in [1.807, 2.05) is 18.2 Å². The van der Waals surface area contributed by atoms with Crippen LogP contribution in [0.3, 0.4) is 0 Å². The van der Waals surface area contributed by atoms with Gasteiger partial charge in [0.25, 0.3) is 0 Å². The molecule has 0 amide bonds. The molecule has 0 aliphatic rings. The van der Waals surface area contributed by atoms with Crippen molar-refractivity contribution in [3.63, 3.8) is 0 Å². The van der Waals surface area contributed by atoms with Gasteiger partial charge in [-0.2, -0.15) is 0 Å². The molecule has 1 aromatic carbocycles. The smallest absolute Gasteiger partial charge is 0.0454 e. The number of hydrogen-bond acceptors (Lipinski definition) is 1. The van der Waals surface area contributed by atoms with Gasteiger partial charge in [-0.1, -0.05) is 54.2 Å². The van der Waals surface area contributed by atoms with E-state index in [4.69, 9.17) is 17.3 Å². The van der Waals surface area contributed by atoms with E-state index in [1.54, 1.807) is 0 Å². The van der Waals surface area contributed by atoms with Gasteiger partial charge in [-0.3, -0.25) is 0 Å². The quantitative estimate of drug-likeness (QED) is 0.865. The molecule has 1 unspecified atom stereocenters. The van der Waals surface area contributed by atoms with Crippen LogP contribution in [0, 0.1) is 5.92 Å². The summed E-state index contributed by atoms with van der Waals surface area (Å²) in [6, 6.07) is 5.88. The fraction of sp³-hybridized carbons (Fsp3) is 0.500. The van der Waals surface area contributed by atoms with E-state index in [2.05, 4.69) is 29.8 Å².